The highest BCUT2D eigenvalue weighted by atomic mass is 32.2. The van der Waals surface area contributed by atoms with Crippen LogP contribution < -0.4 is 10.1 Å². The van der Waals surface area contributed by atoms with Gasteiger partial charge in [-0.25, -0.2) is 0 Å². The average molecular weight is 490 g/mol. The number of carbonyl (C=O) groups excluding carboxylic acids is 1. The molecule has 7 nitrogen and oxygen atoms in total. The Labute approximate surface area is 206 Å². The van der Waals surface area contributed by atoms with Crippen LogP contribution in [0.25, 0.3) is 5.69 Å². The SMILES string of the molecule is CCOc1ccc(-n2c(Cc3ccccc3)nnc2SC(C)C(=O)Nc2sccc2C#N)cc1. The molecule has 0 aliphatic carbocycles. The molecule has 1 N–H and O–H groups in total. The van der Waals surface area contributed by atoms with Crippen molar-refractivity contribution < 1.29 is 9.53 Å². The first kappa shape index (κ1) is 23.5. The molecule has 0 saturated heterocycles. The second-order valence-corrected chi connectivity index (χ2v) is 9.57. The molecule has 1 unspecified atom stereocenters. The topological polar surface area (TPSA) is 92.8 Å². The highest BCUT2D eigenvalue weighted by molar-refractivity contribution is 8.00. The molecule has 4 rings (SSSR count). The highest BCUT2D eigenvalue weighted by Crippen LogP contribution is 2.29. The zero-order valence-electron chi connectivity index (χ0n) is 18.8. The number of aromatic nitrogens is 3. The number of rotatable bonds is 9. The number of amides is 1. The molecule has 0 saturated carbocycles. The van der Waals surface area contributed by atoms with Gasteiger partial charge in [-0.15, -0.1) is 21.5 Å². The smallest absolute Gasteiger partial charge is 0.238 e. The molecule has 9 heteroatoms. The standard InChI is InChI=1S/C25H23N5O2S2/c1-3-32-21-11-9-20(10-12-21)30-22(15-18-7-5-4-6-8-18)28-29-25(30)34-17(2)23(31)27-24-19(16-26)13-14-33-24/h4-14,17H,3,15H2,1-2H3,(H,27,31). The van der Waals surface area contributed by atoms with Crippen molar-refractivity contribution in [1.29, 1.82) is 5.26 Å². The molecule has 0 spiro atoms. The zero-order valence-corrected chi connectivity index (χ0v) is 20.4. The molecule has 1 atom stereocenters. The number of hydrogen-bond acceptors (Lipinski definition) is 7. The number of anilines is 1. The average Bonchev–Trinajstić information content (AvgIpc) is 3.47. The summed E-state index contributed by atoms with van der Waals surface area (Å²) in [5.74, 6) is 1.36. The van der Waals surface area contributed by atoms with Crippen molar-refractivity contribution in [2.75, 3.05) is 11.9 Å². The van der Waals surface area contributed by atoms with Crippen LogP contribution >= 0.6 is 23.1 Å². The van der Waals surface area contributed by atoms with Gasteiger partial charge in [-0.3, -0.25) is 9.36 Å². The summed E-state index contributed by atoms with van der Waals surface area (Å²) in [6, 6.07) is 21.6. The first-order chi connectivity index (χ1) is 16.6. The maximum atomic E-state index is 12.8. The van der Waals surface area contributed by atoms with Crippen LogP contribution in [0.1, 0.15) is 30.8 Å². The summed E-state index contributed by atoms with van der Waals surface area (Å²) < 4.78 is 7.55. The fourth-order valence-corrected chi connectivity index (χ4v) is 4.93. The van der Waals surface area contributed by atoms with Gasteiger partial charge >= 0.3 is 0 Å². The van der Waals surface area contributed by atoms with Gasteiger partial charge in [0.2, 0.25) is 5.91 Å². The predicted molar refractivity (Wildman–Crippen MR) is 135 cm³/mol. The first-order valence-corrected chi connectivity index (χ1v) is 12.5. The molecule has 0 aliphatic rings. The van der Waals surface area contributed by atoms with Crippen molar-refractivity contribution >= 4 is 34.0 Å². The van der Waals surface area contributed by atoms with E-state index in [1.165, 1.54) is 23.1 Å². The maximum Gasteiger partial charge on any atom is 0.238 e. The Kier molecular flexibility index (Phi) is 7.62. The summed E-state index contributed by atoms with van der Waals surface area (Å²) in [4.78, 5) is 12.8. The van der Waals surface area contributed by atoms with Gasteiger partial charge in [0, 0.05) is 12.1 Å². The van der Waals surface area contributed by atoms with Gasteiger partial charge in [0.05, 0.1) is 17.4 Å². The van der Waals surface area contributed by atoms with Crippen LogP contribution in [0.3, 0.4) is 0 Å². The first-order valence-electron chi connectivity index (χ1n) is 10.8. The molecular weight excluding hydrogens is 466 g/mol. The lowest BCUT2D eigenvalue weighted by molar-refractivity contribution is -0.115. The quantitative estimate of drug-likeness (QED) is 0.320. The van der Waals surface area contributed by atoms with E-state index in [9.17, 15) is 10.1 Å². The number of nitrogens with one attached hydrogen (secondary N) is 1. The Balaban J connectivity index is 1.61. The molecule has 2 heterocycles. The van der Waals surface area contributed by atoms with Crippen LogP contribution in [0, 0.1) is 11.3 Å². The Hall–Kier alpha value is -3.61. The Morgan fingerprint density at radius 2 is 1.94 bits per heavy atom. The van der Waals surface area contributed by atoms with E-state index in [4.69, 9.17) is 4.74 Å². The van der Waals surface area contributed by atoms with Crippen molar-refractivity contribution in [1.82, 2.24) is 14.8 Å². The van der Waals surface area contributed by atoms with Gasteiger partial charge in [0.25, 0.3) is 0 Å². The Morgan fingerprint density at radius 1 is 1.18 bits per heavy atom. The van der Waals surface area contributed by atoms with Gasteiger partial charge in [-0.1, -0.05) is 42.1 Å². The number of thioether (sulfide) groups is 1. The van der Waals surface area contributed by atoms with Crippen LogP contribution in [-0.2, 0) is 11.2 Å². The van der Waals surface area contributed by atoms with Gasteiger partial charge in [-0.05, 0) is 55.1 Å². The Morgan fingerprint density at radius 3 is 2.65 bits per heavy atom. The van der Waals surface area contributed by atoms with E-state index < -0.39 is 5.25 Å². The lowest BCUT2D eigenvalue weighted by Gasteiger charge is -2.14. The molecule has 34 heavy (non-hydrogen) atoms. The predicted octanol–water partition coefficient (Wildman–Crippen LogP) is 5.31. The minimum atomic E-state index is -0.455. The molecule has 2 aromatic heterocycles. The van der Waals surface area contributed by atoms with E-state index in [0.29, 0.717) is 28.7 Å². The third kappa shape index (κ3) is 5.47. The number of benzene rings is 2. The third-order valence-electron chi connectivity index (χ3n) is 4.99. The van der Waals surface area contributed by atoms with E-state index in [1.807, 2.05) is 73.0 Å². The number of hydrogen-bond donors (Lipinski definition) is 1. The summed E-state index contributed by atoms with van der Waals surface area (Å²) in [5.41, 5.74) is 2.46. The summed E-state index contributed by atoms with van der Waals surface area (Å²) in [7, 11) is 0. The summed E-state index contributed by atoms with van der Waals surface area (Å²) in [6.07, 6.45) is 0.600. The van der Waals surface area contributed by atoms with E-state index in [-0.39, 0.29) is 5.91 Å². The van der Waals surface area contributed by atoms with Crippen molar-refractivity contribution in [3.63, 3.8) is 0 Å². The number of ether oxygens (including phenoxy) is 1. The van der Waals surface area contributed by atoms with Crippen molar-refractivity contribution in [3.8, 4) is 17.5 Å². The minimum absolute atomic E-state index is 0.199. The molecule has 2 aromatic carbocycles. The van der Waals surface area contributed by atoms with Crippen molar-refractivity contribution in [2.24, 2.45) is 0 Å². The second kappa shape index (κ2) is 11.0. The lowest BCUT2D eigenvalue weighted by Crippen LogP contribution is -2.22. The largest absolute Gasteiger partial charge is 0.494 e. The lowest BCUT2D eigenvalue weighted by atomic mass is 10.1. The summed E-state index contributed by atoms with van der Waals surface area (Å²) >= 11 is 2.65. The van der Waals surface area contributed by atoms with Crippen LogP contribution in [0.2, 0.25) is 0 Å². The number of carbonyl (C=O) groups is 1. The second-order valence-electron chi connectivity index (χ2n) is 7.35. The van der Waals surface area contributed by atoms with E-state index >= 15 is 0 Å². The van der Waals surface area contributed by atoms with Gasteiger partial charge in [0.1, 0.15) is 22.6 Å². The molecule has 0 fully saturated rings. The van der Waals surface area contributed by atoms with Gasteiger partial charge in [-0.2, -0.15) is 5.26 Å². The van der Waals surface area contributed by atoms with Gasteiger partial charge < -0.3 is 10.1 Å². The van der Waals surface area contributed by atoms with E-state index in [0.717, 1.165) is 22.8 Å². The van der Waals surface area contributed by atoms with Crippen LogP contribution in [-0.4, -0.2) is 32.5 Å². The highest BCUT2D eigenvalue weighted by Gasteiger charge is 2.22. The molecule has 172 valence electrons. The fraction of sp³-hybridized carbons (Fsp3) is 0.200. The van der Waals surface area contributed by atoms with Crippen LogP contribution in [0.4, 0.5) is 5.00 Å². The molecular formula is C25H23N5O2S2. The van der Waals surface area contributed by atoms with E-state index in [2.05, 4.69) is 21.6 Å². The zero-order chi connectivity index (χ0) is 23.9. The maximum absolute atomic E-state index is 12.8. The van der Waals surface area contributed by atoms with Crippen molar-refractivity contribution in [2.45, 2.75) is 30.7 Å². The van der Waals surface area contributed by atoms with Crippen molar-refractivity contribution in [3.05, 3.63) is 83.0 Å². The number of thiophene rings is 1. The summed E-state index contributed by atoms with van der Waals surface area (Å²) in [6.45, 7) is 4.35. The van der Waals surface area contributed by atoms with E-state index in [1.54, 1.807) is 11.4 Å². The molecule has 0 bridgehead atoms. The monoisotopic (exact) mass is 489 g/mol. The minimum Gasteiger partial charge on any atom is -0.494 e. The molecule has 1 amide bonds. The Bertz CT molecular complexity index is 1290. The van der Waals surface area contributed by atoms with Crippen LogP contribution in [0.15, 0.2) is 71.2 Å². The van der Waals surface area contributed by atoms with Crippen LogP contribution in [0.5, 0.6) is 5.75 Å². The van der Waals surface area contributed by atoms with Gasteiger partial charge in [0.15, 0.2) is 5.16 Å². The molecule has 4 aromatic rings. The fourth-order valence-electron chi connectivity index (χ4n) is 3.31. The normalized spacial score (nSPS) is 11.6. The number of nitrogens with zero attached hydrogens (tertiary/aromatic N) is 4. The molecule has 0 radical (unpaired) electrons. The summed E-state index contributed by atoms with van der Waals surface area (Å²) in [5, 5.41) is 23.4. The third-order valence-corrected chi connectivity index (χ3v) is 6.86. The number of nitriles is 1. The molecule has 0 aliphatic heterocycles.